The van der Waals surface area contributed by atoms with Gasteiger partial charge in [-0.25, -0.2) is 4.79 Å². The second-order valence-corrected chi connectivity index (χ2v) is 7.52. The van der Waals surface area contributed by atoms with Gasteiger partial charge in [0.05, 0.1) is 6.04 Å². The van der Waals surface area contributed by atoms with E-state index in [9.17, 15) is 29.1 Å². The van der Waals surface area contributed by atoms with Gasteiger partial charge in [0.25, 0.3) is 11.5 Å². The summed E-state index contributed by atoms with van der Waals surface area (Å²) in [7, 11) is 0. The van der Waals surface area contributed by atoms with Crippen LogP contribution in [0.2, 0.25) is 0 Å². The first-order chi connectivity index (χ1) is 16.2. The van der Waals surface area contributed by atoms with Crippen molar-refractivity contribution in [1.29, 1.82) is 0 Å². The van der Waals surface area contributed by atoms with E-state index in [2.05, 4.69) is 25.9 Å². The molecule has 180 valence electrons. The molecule has 3 amide bonds. The molecular weight excluding hydrogens is 448 g/mol. The lowest BCUT2D eigenvalue weighted by Gasteiger charge is -2.34. The Morgan fingerprint density at radius 3 is 2.62 bits per heavy atom. The molecule has 2 heterocycles. The van der Waals surface area contributed by atoms with Crippen molar-refractivity contribution in [2.75, 3.05) is 34.4 Å². The number of carboxylic acid groups (broad SMARTS) is 1. The highest BCUT2D eigenvalue weighted by atomic mass is 16.4. The maximum atomic E-state index is 12.4. The lowest BCUT2D eigenvalue weighted by molar-refractivity contribution is -0.139. The molecule has 1 aliphatic heterocycles. The topological polar surface area (TPSA) is 226 Å². The number of carbonyl (C=O) groups is 4. The van der Waals surface area contributed by atoms with E-state index >= 15 is 0 Å². The lowest BCUT2D eigenvalue weighted by Crippen LogP contribution is -2.50. The van der Waals surface area contributed by atoms with E-state index in [1.165, 1.54) is 17.0 Å². The summed E-state index contributed by atoms with van der Waals surface area (Å²) < 4.78 is 0. The third-order valence-electron chi connectivity index (χ3n) is 5.16. The van der Waals surface area contributed by atoms with Crippen LogP contribution in [0.5, 0.6) is 0 Å². The molecule has 34 heavy (non-hydrogen) atoms. The quantitative estimate of drug-likeness (QED) is 0.202. The van der Waals surface area contributed by atoms with Crippen LogP contribution in [-0.4, -0.2) is 64.4 Å². The number of aromatic nitrogens is 2. The minimum Gasteiger partial charge on any atom is -0.480 e. The third-order valence-corrected chi connectivity index (χ3v) is 5.16. The summed E-state index contributed by atoms with van der Waals surface area (Å²) in [4.78, 5) is 66.1. The van der Waals surface area contributed by atoms with Gasteiger partial charge in [-0.2, -0.15) is 4.98 Å². The largest absolute Gasteiger partial charge is 0.480 e. The Kier molecular flexibility index (Phi) is 7.30. The van der Waals surface area contributed by atoms with Gasteiger partial charge in [0.15, 0.2) is 11.5 Å². The summed E-state index contributed by atoms with van der Waals surface area (Å²) in [6, 6.07) is 4.54. The van der Waals surface area contributed by atoms with Crippen LogP contribution in [0.3, 0.4) is 0 Å². The van der Waals surface area contributed by atoms with Crippen molar-refractivity contribution in [2.24, 2.45) is 5.73 Å². The molecule has 14 heteroatoms. The summed E-state index contributed by atoms with van der Waals surface area (Å²) in [6.07, 6.45) is 0.254. The van der Waals surface area contributed by atoms with E-state index < -0.39 is 35.4 Å². The van der Waals surface area contributed by atoms with Crippen molar-refractivity contribution >= 4 is 47.3 Å². The first kappa shape index (κ1) is 24.0. The molecule has 14 nitrogen and oxygen atoms in total. The van der Waals surface area contributed by atoms with E-state index in [1.54, 1.807) is 12.1 Å². The Morgan fingerprint density at radius 2 is 2.00 bits per heavy atom. The molecule has 1 aromatic heterocycles. The Balaban J connectivity index is 1.62. The maximum Gasteiger partial charge on any atom is 0.326 e. The summed E-state index contributed by atoms with van der Waals surface area (Å²) in [5, 5.41) is 17.7. The highest BCUT2D eigenvalue weighted by Gasteiger charge is 2.29. The van der Waals surface area contributed by atoms with Gasteiger partial charge in [0.1, 0.15) is 6.04 Å². The predicted molar refractivity (Wildman–Crippen MR) is 122 cm³/mol. The average Bonchev–Trinajstić information content (AvgIpc) is 2.79. The maximum absolute atomic E-state index is 12.4. The molecule has 0 bridgehead atoms. The Bertz CT molecular complexity index is 1150. The molecular formula is C20H24N8O6. The van der Waals surface area contributed by atoms with Gasteiger partial charge >= 0.3 is 5.97 Å². The van der Waals surface area contributed by atoms with Gasteiger partial charge in [0.2, 0.25) is 18.3 Å². The zero-order chi connectivity index (χ0) is 24.8. The van der Waals surface area contributed by atoms with Crippen LogP contribution in [0, 0.1) is 0 Å². The fourth-order valence-corrected chi connectivity index (χ4v) is 3.41. The van der Waals surface area contributed by atoms with E-state index in [0.717, 1.165) is 0 Å². The van der Waals surface area contributed by atoms with Crippen LogP contribution in [0.1, 0.15) is 23.2 Å². The fourth-order valence-electron chi connectivity index (χ4n) is 3.41. The monoisotopic (exact) mass is 472 g/mol. The fraction of sp³-hybridized carbons (Fsp3) is 0.300. The van der Waals surface area contributed by atoms with E-state index in [4.69, 9.17) is 11.5 Å². The number of carbonyl (C=O) groups excluding carboxylic acids is 3. The molecule has 0 radical (unpaired) electrons. The zero-order valence-electron chi connectivity index (χ0n) is 17.9. The van der Waals surface area contributed by atoms with Gasteiger partial charge in [-0.1, -0.05) is 0 Å². The molecule has 0 spiro atoms. The number of hydrogen-bond donors (Lipinski definition) is 7. The number of nitrogens with one attached hydrogen (secondary N) is 4. The molecule has 0 saturated carbocycles. The molecule has 0 fully saturated rings. The number of nitrogens with two attached hydrogens (primary N) is 2. The number of anilines is 4. The molecule has 0 unspecified atom stereocenters. The van der Waals surface area contributed by atoms with Crippen molar-refractivity contribution in [3.63, 3.8) is 0 Å². The molecule has 2 atom stereocenters. The Morgan fingerprint density at radius 1 is 1.29 bits per heavy atom. The van der Waals surface area contributed by atoms with Crippen LogP contribution >= 0.6 is 0 Å². The zero-order valence-corrected chi connectivity index (χ0v) is 17.9. The van der Waals surface area contributed by atoms with Crippen LogP contribution < -0.4 is 37.9 Å². The van der Waals surface area contributed by atoms with Crippen molar-refractivity contribution in [1.82, 2.24) is 15.3 Å². The van der Waals surface area contributed by atoms with Gasteiger partial charge < -0.3 is 37.4 Å². The molecule has 9 N–H and O–H groups in total. The number of carboxylic acids is 1. The standard InChI is InChI=1S/C20H24N8O6/c21-14(30)6-5-13(19(33)34)25-17(31)10-1-3-11(4-2-10)23-7-12-8-24-16-15(28(12)9-29)18(32)27-20(22)26-16/h1-4,9,12-13,23H,5-8H2,(H2,21,30)(H,25,31)(H,33,34)(H4,22,24,26,27,32)/t12-,13-/m0/s1. The number of nitrogens with zero attached hydrogens (tertiary/aromatic N) is 2. The normalized spacial score (nSPS) is 15.4. The van der Waals surface area contributed by atoms with Gasteiger partial charge in [-0.15, -0.1) is 0 Å². The number of benzene rings is 1. The van der Waals surface area contributed by atoms with Crippen molar-refractivity contribution < 1.29 is 24.3 Å². The summed E-state index contributed by atoms with van der Waals surface area (Å²) in [6.45, 7) is 0.589. The number of fused-ring (bicyclic) bond motifs is 1. The van der Waals surface area contributed by atoms with Crippen molar-refractivity contribution in [3.8, 4) is 0 Å². The van der Waals surface area contributed by atoms with Crippen molar-refractivity contribution in [2.45, 2.75) is 24.9 Å². The summed E-state index contributed by atoms with van der Waals surface area (Å²) in [5.74, 6) is -2.40. The van der Waals surface area contributed by atoms with E-state index in [-0.39, 0.29) is 42.4 Å². The molecule has 0 saturated heterocycles. The minimum atomic E-state index is -1.27. The molecule has 1 aliphatic rings. The van der Waals surface area contributed by atoms with Gasteiger partial charge in [-0.3, -0.25) is 24.2 Å². The number of rotatable bonds is 10. The number of nitrogen functional groups attached to an aromatic ring is 1. The smallest absolute Gasteiger partial charge is 0.326 e. The second kappa shape index (κ2) is 10.3. The van der Waals surface area contributed by atoms with Gasteiger partial charge in [-0.05, 0) is 30.7 Å². The molecule has 2 aromatic rings. The van der Waals surface area contributed by atoms with Crippen molar-refractivity contribution in [3.05, 3.63) is 40.2 Å². The SMILES string of the molecule is NC(=O)CC[C@H](NC(=O)c1ccc(NC[C@H]2CNc3nc(N)[nH]c(=O)c3N2C=O)cc1)C(=O)O. The van der Waals surface area contributed by atoms with E-state index in [0.29, 0.717) is 18.6 Å². The van der Waals surface area contributed by atoms with Crippen LogP contribution in [-0.2, 0) is 14.4 Å². The number of amides is 3. The minimum absolute atomic E-state index is 0.0645. The lowest BCUT2D eigenvalue weighted by atomic mass is 10.1. The van der Waals surface area contributed by atoms with Crippen LogP contribution in [0.25, 0.3) is 0 Å². The Hall–Kier alpha value is -4.62. The van der Waals surface area contributed by atoms with E-state index in [1.807, 2.05) is 0 Å². The number of primary amides is 1. The molecule has 0 aliphatic carbocycles. The Labute approximate surface area is 192 Å². The average molecular weight is 472 g/mol. The number of aromatic amines is 1. The number of hydrogen-bond acceptors (Lipinski definition) is 9. The third kappa shape index (κ3) is 5.59. The summed E-state index contributed by atoms with van der Waals surface area (Å²) in [5.41, 5.74) is 10.9. The number of H-pyrrole nitrogens is 1. The first-order valence-corrected chi connectivity index (χ1v) is 10.2. The molecule has 3 rings (SSSR count). The van der Waals surface area contributed by atoms with Crippen LogP contribution in [0.15, 0.2) is 29.1 Å². The highest BCUT2D eigenvalue weighted by Crippen LogP contribution is 2.25. The van der Waals surface area contributed by atoms with Crippen LogP contribution in [0.4, 0.5) is 23.1 Å². The first-order valence-electron chi connectivity index (χ1n) is 10.2. The summed E-state index contributed by atoms with van der Waals surface area (Å²) >= 11 is 0. The number of aliphatic carboxylic acids is 1. The van der Waals surface area contributed by atoms with Gasteiger partial charge in [0, 0.05) is 30.8 Å². The highest BCUT2D eigenvalue weighted by molar-refractivity contribution is 5.97. The predicted octanol–water partition coefficient (Wildman–Crippen LogP) is -1.33. The second-order valence-electron chi connectivity index (χ2n) is 7.52. The molecule has 1 aromatic carbocycles.